The second-order valence-electron chi connectivity index (χ2n) is 14.0. The second-order valence-corrected chi connectivity index (χ2v) is 14.0. The van der Waals surface area contributed by atoms with E-state index in [4.69, 9.17) is 14.2 Å². The van der Waals surface area contributed by atoms with Gasteiger partial charge in [0.05, 0.1) is 19.3 Å². The van der Waals surface area contributed by atoms with Crippen molar-refractivity contribution in [1.82, 2.24) is 0 Å². The van der Waals surface area contributed by atoms with Crippen LogP contribution in [-0.4, -0.2) is 48.6 Å². The molecule has 0 aromatic heterocycles. The van der Waals surface area contributed by atoms with Gasteiger partial charge in [0.25, 0.3) is 0 Å². The molecule has 1 aliphatic heterocycles. The van der Waals surface area contributed by atoms with Gasteiger partial charge in [0.1, 0.15) is 12.2 Å². The molecule has 0 radical (unpaired) electrons. The number of fused-ring (bicyclic) bond motifs is 5. The maximum Gasteiger partial charge on any atom is 0.302 e. The van der Waals surface area contributed by atoms with Crippen LogP contribution in [-0.2, 0) is 23.8 Å². The van der Waals surface area contributed by atoms with Gasteiger partial charge in [0, 0.05) is 25.7 Å². The number of aliphatic hydroxyl groups is 1. The first-order valence-corrected chi connectivity index (χ1v) is 15.1. The molecule has 0 aromatic rings. The molecule has 1 N–H and O–H groups in total. The van der Waals surface area contributed by atoms with Gasteiger partial charge in [0.15, 0.2) is 0 Å². The van der Waals surface area contributed by atoms with Crippen LogP contribution in [0.1, 0.15) is 98.8 Å². The molecule has 6 heteroatoms. The SMILES string of the molecule is CC(=O)OC1CCC2(C)[C@@H](C1)CC(OC(C)=O)[C@@H]1[C@@H]2C[C@H](O)[C@]2(C)[C@@H](C(C)CCCC3COC3)CC[C@@H]12. The molecule has 5 aliphatic rings. The lowest BCUT2D eigenvalue weighted by atomic mass is 9.43. The van der Waals surface area contributed by atoms with Crippen molar-refractivity contribution < 1.29 is 28.9 Å². The molecule has 0 spiro atoms. The van der Waals surface area contributed by atoms with Crippen LogP contribution in [0, 0.1) is 52.3 Å². The van der Waals surface area contributed by atoms with E-state index in [1.807, 2.05) is 0 Å². The molecule has 4 saturated carbocycles. The fraction of sp³-hybridized carbons (Fsp3) is 0.935. The third kappa shape index (κ3) is 4.88. The minimum Gasteiger partial charge on any atom is -0.463 e. The highest BCUT2D eigenvalue weighted by Gasteiger charge is 2.66. The van der Waals surface area contributed by atoms with Crippen molar-refractivity contribution in [3.8, 4) is 0 Å². The predicted octanol–water partition coefficient (Wildman–Crippen LogP) is 5.54. The molecule has 6 nitrogen and oxygen atoms in total. The minimum absolute atomic E-state index is 0.0490. The molecule has 37 heavy (non-hydrogen) atoms. The van der Waals surface area contributed by atoms with E-state index < -0.39 is 0 Å². The number of rotatable bonds is 7. The van der Waals surface area contributed by atoms with E-state index in [0.717, 1.165) is 64.1 Å². The van der Waals surface area contributed by atoms with Crippen molar-refractivity contribution in [2.75, 3.05) is 13.2 Å². The van der Waals surface area contributed by atoms with E-state index in [1.54, 1.807) is 0 Å². The van der Waals surface area contributed by atoms with Crippen LogP contribution < -0.4 is 0 Å². The van der Waals surface area contributed by atoms with Crippen LogP contribution in [0.4, 0.5) is 0 Å². The molecule has 0 amide bonds. The average molecular weight is 519 g/mol. The van der Waals surface area contributed by atoms with Gasteiger partial charge in [0.2, 0.25) is 0 Å². The first-order chi connectivity index (χ1) is 17.5. The lowest BCUT2D eigenvalue weighted by molar-refractivity contribution is -0.218. The van der Waals surface area contributed by atoms with Gasteiger partial charge in [-0.3, -0.25) is 9.59 Å². The molecule has 5 fully saturated rings. The van der Waals surface area contributed by atoms with Crippen LogP contribution in [0.2, 0.25) is 0 Å². The maximum atomic E-state index is 12.3. The van der Waals surface area contributed by atoms with Crippen LogP contribution in [0.15, 0.2) is 0 Å². The molecule has 4 aliphatic carbocycles. The highest BCUT2D eigenvalue weighted by atomic mass is 16.5. The summed E-state index contributed by atoms with van der Waals surface area (Å²) in [6.07, 6.45) is 9.89. The number of hydrogen-bond donors (Lipinski definition) is 1. The van der Waals surface area contributed by atoms with Crippen LogP contribution in [0.25, 0.3) is 0 Å². The zero-order valence-electron chi connectivity index (χ0n) is 23.7. The Hall–Kier alpha value is -1.14. The van der Waals surface area contributed by atoms with Gasteiger partial charge < -0.3 is 19.3 Å². The number of carbonyl (C=O) groups is 2. The van der Waals surface area contributed by atoms with Crippen LogP contribution in [0.3, 0.4) is 0 Å². The van der Waals surface area contributed by atoms with Gasteiger partial charge in [-0.05, 0) is 91.8 Å². The predicted molar refractivity (Wildman–Crippen MR) is 140 cm³/mol. The van der Waals surface area contributed by atoms with Crippen molar-refractivity contribution in [2.24, 2.45) is 52.3 Å². The summed E-state index contributed by atoms with van der Waals surface area (Å²) < 4.78 is 17.1. The smallest absolute Gasteiger partial charge is 0.302 e. The fourth-order valence-electron chi connectivity index (χ4n) is 10.1. The Kier molecular flexibility index (Phi) is 7.74. The minimum atomic E-state index is -0.325. The van der Waals surface area contributed by atoms with Crippen molar-refractivity contribution in [3.05, 3.63) is 0 Å². The highest BCUT2D eigenvalue weighted by Crippen LogP contribution is 2.68. The zero-order chi connectivity index (χ0) is 26.5. The van der Waals surface area contributed by atoms with Crippen LogP contribution in [0.5, 0.6) is 0 Å². The second kappa shape index (κ2) is 10.4. The number of esters is 2. The largest absolute Gasteiger partial charge is 0.463 e. The molecule has 1 heterocycles. The fourth-order valence-corrected chi connectivity index (χ4v) is 10.1. The quantitative estimate of drug-likeness (QED) is 0.446. The maximum absolute atomic E-state index is 12.3. The summed E-state index contributed by atoms with van der Waals surface area (Å²) in [4.78, 5) is 24.0. The third-order valence-corrected chi connectivity index (χ3v) is 12.1. The topological polar surface area (TPSA) is 82.1 Å². The number of hydrogen-bond acceptors (Lipinski definition) is 6. The summed E-state index contributed by atoms with van der Waals surface area (Å²) in [5.74, 6) is 2.76. The van der Waals surface area contributed by atoms with E-state index in [-0.39, 0.29) is 41.1 Å². The highest BCUT2D eigenvalue weighted by molar-refractivity contribution is 5.66. The monoisotopic (exact) mass is 518 g/mol. The number of carbonyl (C=O) groups excluding carboxylic acids is 2. The Labute approximate surface area is 223 Å². The lowest BCUT2D eigenvalue weighted by Crippen LogP contribution is -2.63. The van der Waals surface area contributed by atoms with E-state index in [0.29, 0.717) is 35.5 Å². The summed E-state index contributed by atoms with van der Waals surface area (Å²) in [7, 11) is 0. The van der Waals surface area contributed by atoms with Gasteiger partial charge in [-0.1, -0.05) is 33.6 Å². The summed E-state index contributed by atoms with van der Waals surface area (Å²) >= 11 is 0. The van der Waals surface area contributed by atoms with Crippen molar-refractivity contribution >= 4 is 11.9 Å². The Morgan fingerprint density at radius 3 is 2.38 bits per heavy atom. The Balaban J connectivity index is 1.37. The normalized spacial score (nSPS) is 46.1. The number of aliphatic hydroxyl groups excluding tert-OH is 1. The zero-order valence-corrected chi connectivity index (χ0v) is 23.7. The van der Waals surface area contributed by atoms with Crippen molar-refractivity contribution in [2.45, 2.75) is 117 Å². The molecule has 1 saturated heterocycles. The molecular formula is C31H50O6. The molecular weight excluding hydrogens is 468 g/mol. The molecule has 11 atom stereocenters. The number of ether oxygens (including phenoxy) is 3. The van der Waals surface area contributed by atoms with E-state index in [9.17, 15) is 14.7 Å². The third-order valence-electron chi connectivity index (χ3n) is 12.1. The van der Waals surface area contributed by atoms with Gasteiger partial charge in [-0.25, -0.2) is 0 Å². The molecule has 4 unspecified atom stereocenters. The van der Waals surface area contributed by atoms with E-state index >= 15 is 0 Å². The van der Waals surface area contributed by atoms with Gasteiger partial charge in [-0.2, -0.15) is 0 Å². The molecule has 210 valence electrons. The van der Waals surface area contributed by atoms with Gasteiger partial charge >= 0.3 is 11.9 Å². The Morgan fingerprint density at radius 1 is 1.00 bits per heavy atom. The summed E-state index contributed by atoms with van der Waals surface area (Å²) in [5.41, 5.74) is -0.0501. The Morgan fingerprint density at radius 2 is 1.73 bits per heavy atom. The molecule has 5 rings (SSSR count). The Bertz CT molecular complexity index is 855. The van der Waals surface area contributed by atoms with Crippen LogP contribution >= 0.6 is 0 Å². The lowest BCUT2D eigenvalue weighted by Gasteiger charge is -2.64. The molecule has 0 aromatic carbocycles. The standard InChI is InChI=1S/C31H50O6/c1-18(7-6-8-21-16-35-17-21)24-9-10-25-29-26(15-28(34)31(24,25)5)30(4)12-11-23(36-19(2)32)13-22(30)14-27(29)37-20(3)33/h18,21-29,34H,6-17H2,1-5H3/t18?,22-,23?,24+,25-,26-,27?,28-,29-,30?,31+/m0/s1. The summed E-state index contributed by atoms with van der Waals surface area (Å²) in [5, 5.41) is 11.9. The first-order valence-electron chi connectivity index (χ1n) is 15.1. The average Bonchev–Trinajstić information content (AvgIpc) is 3.15. The van der Waals surface area contributed by atoms with E-state index in [2.05, 4.69) is 20.8 Å². The summed E-state index contributed by atoms with van der Waals surface area (Å²) in [6.45, 7) is 12.1. The van der Waals surface area contributed by atoms with Crippen molar-refractivity contribution in [3.63, 3.8) is 0 Å². The van der Waals surface area contributed by atoms with Crippen molar-refractivity contribution in [1.29, 1.82) is 0 Å². The van der Waals surface area contributed by atoms with E-state index in [1.165, 1.54) is 33.1 Å². The molecule has 0 bridgehead atoms. The summed E-state index contributed by atoms with van der Waals surface area (Å²) in [6, 6.07) is 0. The van der Waals surface area contributed by atoms with Gasteiger partial charge in [-0.15, -0.1) is 0 Å². The first kappa shape index (κ1) is 27.4.